The minimum atomic E-state index is -0.0379. The van der Waals surface area contributed by atoms with Crippen LogP contribution in [-0.4, -0.2) is 39.7 Å². The Hall–Kier alpha value is -3.15. The van der Waals surface area contributed by atoms with Crippen molar-refractivity contribution in [1.29, 1.82) is 0 Å². The van der Waals surface area contributed by atoms with Crippen molar-refractivity contribution in [2.75, 3.05) is 19.4 Å². The molecule has 0 spiro atoms. The van der Waals surface area contributed by atoms with E-state index in [0.717, 1.165) is 11.3 Å². The molecule has 122 valence electrons. The van der Waals surface area contributed by atoms with Gasteiger partial charge in [0.2, 0.25) is 0 Å². The first-order valence-corrected chi connectivity index (χ1v) is 7.64. The zero-order chi connectivity index (χ0) is 16.9. The molecule has 2 aromatic heterocycles. The number of aromatic nitrogens is 3. The van der Waals surface area contributed by atoms with Crippen LogP contribution in [0.25, 0.3) is 5.69 Å². The second-order valence-electron chi connectivity index (χ2n) is 5.60. The average molecular weight is 321 g/mol. The first kappa shape index (κ1) is 15.7. The van der Waals surface area contributed by atoms with Crippen LogP contribution < -0.4 is 5.32 Å². The Kier molecular flexibility index (Phi) is 4.56. The highest BCUT2D eigenvalue weighted by Crippen LogP contribution is 2.12. The zero-order valence-electron chi connectivity index (χ0n) is 13.7. The van der Waals surface area contributed by atoms with Crippen LogP contribution in [0.3, 0.4) is 0 Å². The summed E-state index contributed by atoms with van der Waals surface area (Å²) in [5.74, 6) is 0.642. The molecular formula is C18H19N5O. The van der Waals surface area contributed by atoms with Gasteiger partial charge in [0.25, 0.3) is 5.91 Å². The van der Waals surface area contributed by atoms with Gasteiger partial charge in [0, 0.05) is 44.8 Å². The molecule has 0 bridgehead atoms. The third-order valence-corrected chi connectivity index (χ3v) is 3.59. The highest BCUT2D eigenvalue weighted by molar-refractivity contribution is 5.94. The molecular weight excluding hydrogens is 302 g/mol. The Bertz CT molecular complexity index is 810. The topological polar surface area (TPSA) is 63.1 Å². The van der Waals surface area contributed by atoms with Crippen LogP contribution in [0.5, 0.6) is 0 Å². The SMILES string of the molecule is CN(C)C(=O)c1ccnc(NCc2ccc(-n3cccn3)cc2)c1. The standard InChI is InChI=1S/C18H19N5O/c1-22(2)18(24)15-8-10-19-17(12-15)20-13-14-4-6-16(7-5-14)23-11-3-9-21-23/h3-12H,13H2,1-2H3,(H,19,20). The lowest BCUT2D eigenvalue weighted by Crippen LogP contribution is -2.21. The fraction of sp³-hybridized carbons (Fsp3) is 0.167. The molecule has 1 amide bonds. The smallest absolute Gasteiger partial charge is 0.253 e. The molecule has 0 unspecified atom stereocenters. The van der Waals surface area contributed by atoms with Gasteiger partial charge in [-0.15, -0.1) is 0 Å². The monoisotopic (exact) mass is 321 g/mol. The van der Waals surface area contributed by atoms with Crippen LogP contribution in [0.2, 0.25) is 0 Å². The van der Waals surface area contributed by atoms with E-state index in [-0.39, 0.29) is 5.91 Å². The zero-order valence-corrected chi connectivity index (χ0v) is 13.7. The lowest BCUT2D eigenvalue weighted by atomic mass is 10.2. The van der Waals surface area contributed by atoms with Crippen molar-refractivity contribution < 1.29 is 4.79 Å². The predicted molar refractivity (Wildman–Crippen MR) is 93.1 cm³/mol. The van der Waals surface area contributed by atoms with Crippen molar-refractivity contribution in [3.63, 3.8) is 0 Å². The van der Waals surface area contributed by atoms with Gasteiger partial charge < -0.3 is 10.2 Å². The molecule has 0 aliphatic carbocycles. The summed E-state index contributed by atoms with van der Waals surface area (Å²) in [4.78, 5) is 17.8. The third kappa shape index (κ3) is 3.60. The summed E-state index contributed by atoms with van der Waals surface area (Å²) in [7, 11) is 3.47. The van der Waals surface area contributed by atoms with Crippen molar-refractivity contribution in [2.45, 2.75) is 6.54 Å². The number of carbonyl (C=O) groups excluding carboxylic acids is 1. The average Bonchev–Trinajstić information content (AvgIpc) is 3.14. The van der Waals surface area contributed by atoms with Crippen LogP contribution >= 0.6 is 0 Å². The fourth-order valence-corrected chi connectivity index (χ4v) is 2.30. The molecule has 0 aliphatic rings. The summed E-state index contributed by atoms with van der Waals surface area (Å²) in [5, 5.41) is 7.45. The lowest BCUT2D eigenvalue weighted by Gasteiger charge is -2.11. The van der Waals surface area contributed by atoms with Crippen LogP contribution in [0, 0.1) is 0 Å². The van der Waals surface area contributed by atoms with Gasteiger partial charge in [-0.2, -0.15) is 5.10 Å². The normalized spacial score (nSPS) is 10.4. The second-order valence-corrected chi connectivity index (χ2v) is 5.60. The third-order valence-electron chi connectivity index (χ3n) is 3.59. The van der Waals surface area contributed by atoms with Crippen LogP contribution in [-0.2, 0) is 6.54 Å². The molecule has 1 aromatic carbocycles. The molecule has 0 radical (unpaired) electrons. The highest BCUT2D eigenvalue weighted by atomic mass is 16.2. The fourth-order valence-electron chi connectivity index (χ4n) is 2.30. The van der Waals surface area contributed by atoms with Gasteiger partial charge in [0.1, 0.15) is 5.82 Å². The minimum Gasteiger partial charge on any atom is -0.366 e. The van der Waals surface area contributed by atoms with Crippen molar-refractivity contribution in [2.24, 2.45) is 0 Å². The molecule has 0 saturated carbocycles. The molecule has 3 rings (SSSR count). The van der Waals surface area contributed by atoms with Gasteiger partial charge in [-0.3, -0.25) is 4.79 Å². The number of nitrogens with one attached hydrogen (secondary N) is 1. The summed E-state index contributed by atoms with van der Waals surface area (Å²) in [6, 6.07) is 13.5. The van der Waals surface area contributed by atoms with Crippen LogP contribution in [0.15, 0.2) is 61.1 Å². The van der Waals surface area contributed by atoms with Gasteiger partial charge in [-0.05, 0) is 35.9 Å². The van der Waals surface area contributed by atoms with E-state index < -0.39 is 0 Å². The van der Waals surface area contributed by atoms with E-state index in [1.165, 1.54) is 0 Å². The first-order chi connectivity index (χ1) is 11.6. The Morgan fingerprint density at radius 2 is 1.96 bits per heavy atom. The number of amides is 1. The largest absolute Gasteiger partial charge is 0.366 e. The molecule has 6 nitrogen and oxygen atoms in total. The second kappa shape index (κ2) is 6.95. The van der Waals surface area contributed by atoms with Gasteiger partial charge >= 0.3 is 0 Å². The lowest BCUT2D eigenvalue weighted by molar-refractivity contribution is 0.0827. The Balaban J connectivity index is 1.65. The molecule has 6 heteroatoms. The maximum atomic E-state index is 12.0. The maximum absolute atomic E-state index is 12.0. The Morgan fingerprint density at radius 1 is 1.17 bits per heavy atom. The number of hydrogen-bond donors (Lipinski definition) is 1. The summed E-state index contributed by atoms with van der Waals surface area (Å²) in [5.41, 5.74) is 2.75. The van der Waals surface area contributed by atoms with E-state index in [9.17, 15) is 4.79 Å². The van der Waals surface area contributed by atoms with E-state index in [0.29, 0.717) is 17.9 Å². The maximum Gasteiger partial charge on any atom is 0.253 e. The molecule has 1 N–H and O–H groups in total. The molecule has 0 atom stereocenters. The number of pyridine rings is 1. The number of benzene rings is 1. The molecule has 0 aliphatic heterocycles. The summed E-state index contributed by atoms with van der Waals surface area (Å²) >= 11 is 0. The van der Waals surface area contributed by atoms with Gasteiger partial charge in [-0.25, -0.2) is 9.67 Å². The van der Waals surface area contributed by atoms with E-state index in [2.05, 4.69) is 15.4 Å². The predicted octanol–water partition coefficient (Wildman–Crippen LogP) is 2.58. The van der Waals surface area contributed by atoms with Crippen molar-refractivity contribution in [1.82, 2.24) is 19.7 Å². The van der Waals surface area contributed by atoms with E-state index >= 15 is 0 Å². The van der Waals surface area contributed by atoms with Crippen LogP contribution in [0.1, 0.15) is 15.9 Å². The van der Waals surface area contributed by atoms with Crippen LogP contribution in [0.4, 0.5) is 5.82 Å². The Morgan fingerprint density at radius 3 is 2.62 bits per heavy atom. The summed E-state index contributed by atoms with van der Waals surface area (Å²) in [6.07, 6.45) is 5.30. The van der Waals surface area contributed by atoms with E-state index in [4.69, 9.17) is 0 Å². The van der Waals surface area contributed by atoms with Crippen molar-refractivity contribution in [3.8, 4) is 5.69 Å². The number of rotatable bonds is 5. The Labute approximate surface area is 140 Å². The molecule has 2 heterocycles. The van der Waals surface area contributed by atoms with Gasteiger partial charge in [0.05, 0.1) is 5.69 Å². The highest BCUT2D eigenvalue weighted by Gasteiger charge is 2.08. The number of carbonyl (C=O) groups is 1. The molecule has 0 fully saturated rings. The summed E-state index contributed by atoms with van der Waals surface area (Å²) < 4.78 is 1.81. The van der Waals surface area contributed by atoms with E-state index in [1.54, 1.807) is 43.5 Å². The number of nitrogens with zero attached hydrogens (tertiary/aromatic N) is 4. The number of hydrogen-bond acceptors (Lipinski definition) is 4. The van der Waals surface area contributed by atoms with Crippen molar-refractivity contribution >= 4 is 11.7 Å². The first-order valence-electron chi connectivity index (χ1n) is 7.64. The quantitative estimate of drug-likeness (QED) is 0.784. The summed E-state index contributed by atoms with van der Waals surface area (Å²) in [6.45, 7) is 0.631. The molecule has 0 saturated heterocycles. The molecule has 24 heavy (non-hydrogen) atoms. The molecule has 3 aromatic rings. The van der Waals surface area contributed by atoms with Gasteiger partial charge in [-0.1, -0.05) is 12.1 Å². The van der Waals surface area contributed by atoms with Gasteiger partial charge in [0.15, 0.2) is 0 Å². The minimum absolute atomic E-state index is 0.0379. The number of anilines is 1. The van der Waals surface area contributed by atoms with Crippen molar-refractivity contribution in [3.05, 3.63) is 72.2 Å². The van der Waals surface area contributed by atoms with E-state index in [1.807, 2.05) is 41.2 Å².